The maximum atomic E-state index is 12.9. The second-order valence-electron chi connectivity index (χ2n) is 8.12. The largest absolute Gasteiger partial charge is 0.491 e. The lowest BCUT2D eigenvalue weighted by Gasteiger charge is -2.10. The van der Waals surface area contributed by atoms with E-state index < -0.39 is 11.8 Å². The molecule has 7 nitrogen and oxygen atoms in total. The molecule has 0 unspecified atom stereocenters. The van der Waals surface area contributed by atoms with E-state index in [-0.39, 0.29) is 12.7 Å². The summed E-state index contributed by atoms with van der Waals surface area (Å²) >= 11 is 0. The van der Waals surface area contributed by atoms with Crippen molar-refractivity contribution in [1.82, 2.24) is 9.88 Å². The zero-order valence-corrected chi connectivity index (χ0v) is 18.4. The van der Waals surface area contributed by atoms with Gasteiger partial charge in [0, 0.05) is 48.5 Å². The van der Waals surface area contributed by atoms with Crippen molar-refractivity contribution in [3.63, 3.8) is 0 Å². The molecule has 0 aliphatic carbocycles. The lowest BCUT2D eigenvalue weighted by Crippen LogP contribution is -2.22. The Morgan fingerprint density at radius 2 is 1.88 bits per heavy atom. The molecule has 4 rings (SSSR count). The Balaban J connectivity index is 1.85. The lowest BCUT2D eigenvalue weighted by atomic mass is 9.95. The first-order valence-electron chi connectivity index (χ1n) is 10.7. The molecule has 2 amide bonds. The summed E-state index contributed by atoms with van der Waals surface area (Å²) in [5.74, 6) is -0.114. The third kappa shape index (κ3) is 4.11. The van der Waals surface area contributed by atoms with E-state index in [9.17, 15) is 9.59 Å². The molecule has 0 bridgehead atoms. The molecular formula is C25H27N3O4. The summed E-state index contributed by atoms with van der Waals surface area (Å²) in [5.41, 5.74) is 3.81. The Kier molecular flexibility index (Phi) is 6.01. The highest BCUT2D eigenvalue weighted by molar-refractivity contribution is 6.50. The van der Waals surface area contributed by atoms with E-state index in [0.717, 1.165) is 16.6 Å². The van der Waals surface area contributed by atoms with Gasteiger partial charge in [0.25, 0.3) is 11.8 Å². The van der Waals surface area contributed by atoms with Crippen LogP contribution in [0.1, 0.15) is 31.4 Å². The van der Waals surface area contributed by atoms with Gasteiger partial charge in [0.1, 0.15) is 5.75 Å². The van der Waals surface area contributed by atoms with Crippen molar-refractivity contribution in [3.8, 4) is 5.75 Å². The fraction of sp³-hybridized carbons (Fsp3) is 0.280. The molecule has 166 valence electrons. The summed E-state index contributed by atoms with van der Waals surface area (Å²) in [4.78, 5) is 25.7. The molecule has 3 N–H and O–H groups in total. The molecule has 0 spiro atoms. The third-order valence-electron chi connectivity index (χ3n) is 5.35. The number of nitrogens with zero attached hydrogens (tertiary/aromatic N) is 1. The number of hydrogen-bond acceptors (Lipinski definition) is 5. The molecular weight excluding hydrogens is 406 g/mol. The molecule has 0 saturated carbocycles. The van der Waals surface area contributed by atoms with Crippen molar-refractivity contribution >= 4 is 39.6 Å². The summed E-state index contributed by atoms with van der Waals surface area (Å²) in [7, 11) is 1.91. The van der Waals surface area contributed by atoms with Crippen molar-refractivity contribution in [2.45, 2.75) is 26.4 Å². The highest BCUT2D eigenvalue weighted by Crippen LogP contribution is 2.37. The van der Waals surface area contributed by atoms with Crippen LogP contribution in [0.2, 0.25) is 0 Å². The minimum Gasteiger partial charge on any atom is -0.491 e. The van der Waals surface area contributed by atoms with Crippen LogP contribution in [-0.4, -0.2) is 40.7 Å². The minimum absolute atomic E-state index is 0.0202. The summed E-state index contributed by atoms with van der Waals surface area (Å²) in [6.07, 6.45) is 2.51. The highest BCUT2D eigenvalue weighted by Gasteiger charge is 2.34. The van der Waals surface area contributed by atoms with Gasteiger partial charge in [-0.15, -0.1) is 0 Å². The molecule has 7 heteroatoms. The number of aryl methyl sites for hydroxylation is 1. The predicted octanol–water partition coefficient (Wildman–Crippen LogP) is 3.33. The number of aliphatic hydroxyl groups excluding tert-OH is 1. The molecule has 3 aromatic rings. The van der Waals surface area contributed by atoms with E-state index in [1.54, 1.807) is 0 Å². The second-order valence-corrected chi connectivity index (χ2v) is 8.12. The van der Waals surface area contributed by atoms with Gasteiger partial charge in [-0.25, -0.2) is 0 Å². The van der Waals surface area contributed by atoms with Gasteiger partial charge < -0.3 is 19.7 Å². The van der Waals surface area contributed by atoms with Crippen LogP contribution in [0.3, 0.4) is 0 Å². The number of carbonyl (C=O) groups is 2. The van der Waals surface area contributed by atoms with Crippen molar-refractivity contribution in [2.24, 2.45) is 7.05 Å². The summed E-state index contributed by atoms with van der Waals surface area (Å²) in [6, 6.07) is 13.2. The van der Waals surface area contributed by atoms with E-state index in [4.69, 9.17) is 9.84 Å². The van der Waals surface area contributed by atoms with E-state index in [1.165, 1.54) is 0 Å². The number of nitrogens with one attached hydrogen (secondary N) is 2. The standard InChI is InChI=1S/C25H27N3O4/c1-15(2)32-18-8-9-21-19(13-18)20(14-28(21)3)23-22(24(30)27-25(23)31)16-6-4-7-17(12-16)26-10-5-11-29/h4,6-9,12-15,26,29H,5,10-11H2,1-3H3,(H,27,30,31). The first-order chi connectivity index (χ1) is 15.4. The Morgan fingerprint density at radius 3 is 2.62 bits per heavy atom. The van der Waals surface area contributed by atoms with E-state index in [0.29, 0.717) is 41.0 Å². The SMILES string of the molecule is CC(C)Oc1ccc2c(c1)c(C1=C(c3cccc(NCCCO)c3)C(=O)NC1=O)cn2C. The molecule has 32 heavy (non-hydrogen) atoms. The van der Waals surface area contributed by atoms with Gasteiger partial charge in [-0.2, -0.15) is 0 Å². The van der Waals surface area contributed by atoms with Crippen molar-refractivity contribution < 1.29 is 19.4 Å². The Bertz CT molecular complexity index is 1220. The molecule has 1 aliphatic rings. The quantitative estimate of drug-likeness (QED) is 0.374. The number of imide groups is 1. The fourth-order valence-corrected chi connectivity index (χ4v) is 4.00. The van der Waals surface area contributed by atoms with Gasteiger partial charge in [0.2, 0.25) is 0 Å². The van der Waals surface area contributed by atoms with Crippen LogP contribution in [0.15, 0.2) is 48.7 Å². The number of aromatic nitrogens is 1. The number of hydrogen-bond donors (Lipinski definition) is 3. The normalized spacial score (nSPS) is 13.9. The number of rotatable bonds is 8. The molecule has 1 aromatic heterocycles. The van der Waals surface area contributed by atoms with E-state index in [1.807, 2.05) is 74.1 Å². The van der Waals surface area contributed by atoms with Crippen LogP contribution in [0, 0.1) is 0 Å². The third-order valence-corrected chi connectivity index (χ3v) is 5.35. The van der Waals surface area contributed by atoms with Gasteiger partial charge in [-0.1, -0.05) is 12.1 Å². The number of amides is 2. The summed E-state index contributed by atoms with van der Waals surface area (Å²) in [5, 5.41) is 15.5. The molecule has 0 radical (unpaired) electrons. The van der Waals surface area contributed by atoms with Gasteiger partial charge in [-0.05, 0) is 56.2 Å². The van der Waals surface area contributed by atoms with E-state index >= 15 is 0 Å². The smallest absolute Gasteiger partial charge is 0.259 e. The fourth-order valence-electron chi connectivity index (χ4n) is 4.00. The van der Waals surface area contributed by atoms with Crippen LogP contribution in [-0.2, 0) is 16.6 Å². The molecule has 0 fully saturated rings. The van der Waals surface area contributed by atoms with Crippen LogP contribution in [0.25, 0.3) is 22.0 Å². The van der Waals surface area contributed by atoms with Crippen molar-refractivity contribution in [2.75, 3.05) is 18.5 Å². The van der Waals surface area contributed by atoms with Crippen molar-refractivity contribution in [3.05, 3.63) is 59.8 Å². The summed E-state index contributed by atoms with van der Waals surface area (Å²) < 4.78 is 7.79. The van der Waals surface area contributed by atoms with Crippen LogP contribution in [0.5, 0.6) is 5.75 Å². The maximum Gasteiger partial charge on any atom is 0.259 e. The molecule has 0 saturated heterocycles. The minimum atomic E-state index is -0.413. The Morgan fingerprint density at radius 1 is 1.09 bits per heavy atom. The Labute approximate surface area is 186 Å². The monoisotopic (exact) mass is 433 g/mol. The molecule has 2 aromatic carbocycles. The second kappa shape index (κ2) is 8.88. The number of carbonyl (C=O) groups excluding carboxylic acids is 2. The van der Waals surface area contributed by atoms with Gasteiger partial charge in [-0.3, -0.25) is 14.9 Å². The van der Waals surface area contributed by atoms with Gasteiger partial charge in [0.15, 0.2) is 0 Å². The van der Waals surface area contributed by atoms with Crippen LogP contribution in [0.4, 0.5) is 5.69 Å². The number of ether oxygens (including phenoxy) is 1. The number of benzene rings is 2. The average Bonchev–Trinajstić information content (AvgIpc) is 3.22. The maximum absolute atomic E-state index is 12.9. The lowest BCUT2D eigenvalue weighted by molar-refractivity contribution is -0.122. The van der Waals surface area contributed by atoms with E-state index in [2.05, 4.69) is 10.6 Å². The Hall–Kier alpha value is -3.58. The van der Waals surface area contributed by atoms with Crippen molar-refractivity contribution in [1.29, 1.82) is 0 Å². The zero-order valence-electron chi connectivity index (χ0n) is 18.4. The number of fused-ring (bicyclic) bond motifs is 1. The highest BCUT2D eigenvalue weighted by atomic mass is 16.5. The molecule has 1 aliphatic heterocycles. The topological polar surface area (TPSA) is 92.6 Å². The van der Waals surface area contributed by atoms with Crippen LogP contribution >= 0.6 is 0 Å². The first-order valence-corrected chi connectivity index (χ1v) is 10.7. The number of anilines is 1. The first kappa shape index (κ1) is 21.6. The number of aliphatic hydroxyl groups is 1. The molecule has 2 heterocycles. The summed E-state index contributed by atoms with van der Waals surface area (Å²) in [6.45, 7) is 4.63. The average molecular weight is 434 g/mol. The zero-order chi connectivity index (χ0) is 22.8. The van der Waals surface area contributed by atoms with Crippen LogP contribution < -0.4 is 15.4 Å². The van der Waals surface area contributed by atoms with Gasteiger partial charge >= 0.3 is 0 Å². The predicted molar refractivity (Wildman–Crippen MR) is 125 cm³/mol. The molecule has 0 atom stereocenters. The van der Waals surface area contributed by atoms with Gasteiger partial charge in [0.05, 0.1) is 17.3 Å².